The Morgan fingerprint density at radius 2 is 1.85 bits per heavy atom. The monoisotopic (exact) mass is 351 g/mol. The molecule has 1 N–H and O–H groups in total. The Morgan fingerprint density at radius 3 is 2.46 bits per heavy atom. The van der Waals surface area contributed by atoms with Crippen molar-refractivity contribution in [3.05, 3.63) is 71.5 Å². The summed E-state index contributed by atoms with van der Waals surface area (Å²) >= 11 is 0. The molecule has 0 aliphatic heterocycles. The standard InChI is InChI=1S/C20H21N3O3/c1-14-10-11-22-23(14)17-7-4-15(5-8-17)20(24)21-13-16-6-9-18(25-2)12-19(16)26-3/h4-12H,13H2,1-3H3,(H,21,24). The summed E-state index contributed by atoms with van der Waals surface area (Å²) in [6, 6.07) is 14.8. The maximum atomic E-state index is 12.4. The average molecular weight is 351 g/mol. The highest BCUT2D eigenvalue weighted by atomic mass is 16.5. The van der Waals surface area contributed by atoms with Crippen molar-refractivity contribution in [1.82, 2.24) is 15.1 Å². The van der Waals surface area contributed by atoms with Gasteiger partial charge in [-0.25, -0.2) is 4.68 Å². The number of methoxy groups -OCH3 is 2. The van der Waals surface area contributed by atoms with Crippen LogP contribution in [-0.4, -0.2) is 29.9 Å². The normalized spacial score (nSPS) is 10.4. The van der Waals surface area contributed by atoms with Crippen molar-refractivity contribution >= 4 is 5.91 Å². The van der Waals surface area contributed by atoms with E-state index in [9.17, 15) is 4.79 Å². The summed E-state index contributed by atoms with van der Waals surface area (Å²) in [5, 5.41) is 7.17. The fraction of sp³-hybridized carbons (Fsp3) is 0.200. The van der Waals surface area contributed by atoms with Crippen LogP contribution in [0.15, 0.2) is 54.7 Å². The fourth-order valence-electron chi connectivity index (χ4n) is 2.67. The van der Waals surface area contributed by atoms with E-state index in [2.05, 4.69) is 10.4 Å². The lowest BCUT2D eigenvalue weighted by Crippen LogP contribution is -2.23. The number of ether oxygens (including phenoxy) is 2. The van der Waals surface area contributed by atoms with Gasteiger partial charge in [0, 0.05) is 35.6 Å². The first-order valence-corrected chi connectivity index (χ1v) is 8.22. The number of benzene rings is 2. The number of nitrogens with zero attached hydrogens (tertiary/aromatic N) is 2. The van der Waals surface area contributed by atoms with E-state index in [1.807, 2.05) is 41.9 Å². The second kappa shape index (κ2) is 7.74. The first kappa shape index (κ1) is 17.5. The Hall–Kier alpha value is -3.28. The molecule has 0 atom stereocenters. The zero-order valence-corrected chi connectivity index (χ0v) is 15.0. The van der Waals surface area contributed by atoms with Crippen LogP contribution in [0.1, 0.15) is 21.6 Å². The van der Waals surface area contributed by atoms with Crippen molar-refractivity contribution in [3.8, 4) is 17.2 Å². The van der Waals surface area contributed by atoms with Crippen molar-refractivity contribution in [3.63, 3.8) is 0 Å². The molecule has 0 unspecified atom stereocenters. The second-order valence-corrected chi connectivity index (χ2v) is 5.79. The Morgan fingerprint density at radius 1 is 1.08 bits per heavy atom. The van der Waals surface area contributed by atoms with Gasteiger partial charge in [0.15, 0.2) is 0 Å². The molecule has 6 nitrogen and oxygen atoms in total. The molecule has 1 amide bonds. The Labute approximate surface area is 152 Å². The number of hydrogen-bond acceptors (Lipinski definition) is 4. The van der Waals surface area contributed by atoms with Gasteiger partial charge >= 0.3 is 0 Å². The van der Waals surface area contributed by atoms with Crippen LogP contribution in [0.4, 0.5) is 0 Å². The number of aryl methyl sites for hydroxylation is 1. The molecular weight excluding hydrogens is 330 g/mol. The first-order valence-electron chi connectivity index (χ1n) is 8.22. The first-order chi connectivity index (χ1) is 12.6. The Kier molecular flexibility index (Phi) is 5.22. The summed E-state index contributed by atoms with van der Waals surface area (Å²) < 4.78 is 12.4. The molecule has 3 rings (SSSR count). The largest absolute Gasteiger partial charge is 0.497 e. The molecule has 0 spiro atoms. The van der Waals surface area contributed by atoms with Gasteiger partial charge in [0.25, 0.3) is 5.91 Å². The third-order valence-corrected chi connectivity index (χ3v) is 4.14. The van der Waals surface area contributed by atoms with Gasteiger partial charge in [0.1, 0.15) is 11.5 Å². The average Bonchev–Trinajstić information content (AvgIpc) is 3.12. The molecule has 0 bridgehead atoms. The summed E-state index contributed by atoms with van der Waals surface area (Å²) in [6.45, 7) is 2.35. The summed E-state index contributed by atoms with van der Waals surface area (Å²) in [4.78, 5) is 12.4. The van der Waals surface area contributed by atoms with Gasteiger partial charge in [-0.2, -0.15) is 5.10 Å². The topological polar surface area (TPSA) is 65.4 Å². The Bertz CT molecular complexity index is 901. The van der Waals surface area contributed by atoms with Gasteiger partial charge < -0.3 is 14.8 Å². The molecule has 0 fully saturated rings. The van der Waals surface area contributed by atoms with E-state index in [0.29, 0.717) is 23.6 Å². The molecule has 0 saturated heterocycles. The maximum absolute atomic E-state index is 12.4. The van der Waals surface area contributed by atoms with E-state index in [-0.39, 0.29) is 5.91 Å². The van der Waals surface area contributed by atoms with Crippen LogP contribution in [0.5, 0.6) is 11.5 Å². The smallest absolute Gasteiger partial charge is 0.251 e. The van der Waals surface area contributed by atoms with Crippen molar-refractivity contribution in [1.29, 1.82) is 0 Å². The molecule has 134 valence electrons. The highest BCUT2D eigenvalue weighted by Crippen LogP contribution is 2.24. The van der Waals surface area contributed by atoms with Gasteiger partial charge in [-0.3, -0.25) is 4.79 Å². The van der Waals surface area contributed by atoms with E-state index in [1.165, 1.54) is 0 Å². The molecule has 0 aliphatic rings. The number of nitrogens with one attached hydrogen (secondary N) is 1. The van der Waals surface area contributed by atoms with Crippen LogP contribution >= 0.6 is 0 Å². The number of carbonyl (C=O) groups is 1. The van der Waals surface area contributed by atoms with E-state index < -0.39 is 0 Å². The minimum Gasteiger partial charge on any atom is -0.497 e. The summed E-state index contributed by atoms with van der Waals surface area (Å²) in [5.41, 5.74) is 3.42. The van der Waals surface area contributed by atoms with Crippen LogP contribution in [0.2, 0.25) is 0 Å². The highest BCUT2D eigenvalue weighted by molar-refractivity contribution is 5.94. The van der Waals surface area contributed by atoms with E-state index in [4.69, 9.17) is 9.47 Å². The van der Waals surface area contributed by atoms with Crippen LogP contribution in [-0.2, 0) is 6.54 Å². The van der Waals surface area contributed by atoms with Gasteiger partial charge in [0.05, 0.1) is 19.9 Å². The van der Waals surface area contributed by atoms with Crippen LogP contribution in [0.25, 0.3) is 5.69 Å². The minimum atomic E-state index is -0.147. The lowest BCUT2D eigenvalue weighted by Gasteiger charge is -2.11. The molecule has 0 radical (unpaired) electrons. The maximum Gasteiger partial charge on any atom is 0.251 e. The summed E-state index contributed by atoms with van der Waals surface area (Å²) in [7, 11) is 3.20. The third-order valence-electron chi connectivity index (χ3n) is 4.14. The van der Waals surface area contributed by atoms with Crippen LogP contribution in [0.3, 0.4) is 0 Å². The number of rotatable bonds is 6. The summed E-state index contributed by atoms with van der Waals surface area (Å²) in [6.07, 6.45) is 1.75. The number of amides is 1. The molecule has 1 aromatic heterocycles. The van der Waals surface area contributed by atoms with Gasteiger partial charge in [0.2, 0.25) is 0 Å². The SMILES string of the molecule is COc1ccc(CNC(=O)c2ccc(-n3nccc3C)cc2)c(OC)c1. The Balaban J connectivity index is 1.68. The van der Waals surface area contributed by atoms with Gasteiger partial charge in [-0.05, 0) is 49.4 Å². The van der Waals surface area contributed by atoms with E-state index in [0.717, 1.165) is 16.9 Å². The van der Waals surface area contributed by atoms with E-state index >= 15 is 0 Å². The molecular formula is C20H21N3O3. The predicted octanol–water partition coefficient (Wildman–Crippen LogP) is 3.13. The summed E-state index contributed by atoms with van der Waals surface area (Å²) in [5.74, 6) is 1.24. The molecule has 6 heteroatoms. The van der Waals surface area contributed by atoms with Crippen LogP contribution < -0.4 is 14.8 Å². The molecule has 26 heavy (non-hydrogen) atoms. The fourth-order valence-corrected chi connectivity index (χ4v) is 2.67. The number of aromatic nitrogens is 2. The van der Waals surface area contributed by atoms with Gasteiger partial charge in [-0.15, -0.1) is 0 Å². The molecule has 0 saturated carbocycles. The zero-order chi connectivity index (χ0) is 18.5. The molecule has 0 aliphatic carbocycles. The molecule has 3 aromatic rings. The van der Waals surface area contributed by atoms with Crippen LogP contribution in [0, 0.1) is 6.92 Å². The molecule has 1 heterocycles. The number of carbonyl (C=O) groups excluding carboxylic acids is 1. The second-order valence-electron chi connectivity index (χ2n) is 5.79. The van der Waals surface area contributed by atoms with Crippen molar-refractivity contribution in [2.24, 2.45) is 0 Å². The zero-order valence-electron chi connectivity index (χ0n) is 15.0. The lowest BCUT2D eigenvalue weighted by atomic mass is 10.1. The quantitative estimate of drug-likeness (QED) is 0.741. The third kappa shape index (κ3) is 3.69. The van der Waals surface area contributed by atoms with Crippen molar-refractivity contribution in [2.75, 3.05) is 14.2 Å². The highest BCUT2D eigenvalue weighted by Gasteiger charge is 2.10. The van der Waals surface area contributed by atoms with Crippen molar-refractivity contribution in [2.45, 2.75) is 13.5 Å². The van der Waals surface area contributed by atoms with E-state index in [1.54, 1.807) is 38.6 Å². The molecule has 2 aromatic carbocycles. The number of hydrogen-bond donors (Lipinski definition) is 1. The van der Waals surface area contributed by atoms with Crippen molar-refractivity contribution < 1.29 is 14.3 Å². The minimum absolute atomic E-state index is 0.147. The lowest BCUT2D eigenvalue weighted by molar-refractivity contribution is 0.0950. The predicted molar refractivity (Wildman–Crippen MR) is 99.0 cm³/mol. The van der Waals surface area contributed by atoms with Gasteiger partial charge in [-0.1, -0.05) is 0 Å².